The third-order valence-corrected chi connectivity index (χ3v) is 4.40. The minimum atomic E-state index is -0.452. The highest BCUT2D eigenvalue weighted by atomic mass is 16.5. The largest absolute Gasteiger partial charge is 0.459 e. The molecule has 0 aliphatic carbocycles. The highest BCUT2D eigenvalue weighted by Crippen LogP contribution is 2.43. The molecule has 4 rings (SSSR count). The summed E-state index contributed by atoms with van der Waals surface area (Å²) in [7, 11) is 0. The predicted octanol–water partition coefficient (Wildman–Crippen LogP) is 3.06. The van der Waals surface area contributed by atoms with Gasteiger partial charge in [0.25, 0.3) is 5.91 Å². The van der Waals surface area contributed by atoms with Crippen LogP contribution in [0.25, 0.3) is 0 Å². The van der Waals surface area contributed by atoms with E-state index in [2.05, 4.69) is 10.6 Å². The fourth-order valence-electron chi connectivity index (χ4n) is 3.15. The minimum absolute atomic E-state index is 0.134. The number of carbonyl (C=O) groups excluding carboxylic acids is 2. The van der Waals surface area contributed by atoms with E-state index in [0.29, 0.717) is 24.6 Å². The maximum absolute atomic E-state index is 12.9. The van der Waals surface area contributed by atoms with Crippen molar-refractivity contribution >= 4 is 11.8 Å². The number of amides is 2. The Morgan fingerprint density at radius 2 is 1.44 bits per heavy atom. The lowest BCUT2D eigenvalue weighted by atomic mass is 9.87. The van der Waals surface area contributed by atoms with Crippen LogP contribution in [0, 0.1) is 0 Å². The molecule has 1 aliphatic heterocycles. The first-order valence-electron chi connectivity index (χ1n) is 8.69. The molecule has 2 N–H and O–H groups in total. The van der Waals surface area contributed by atoms with Crippen molar-refractivity contribution < 1.29 is 18.7 Å². The van der Waals surface area contributed by atoms with Crippen molar-refractivity contribution in [2.24, 2.45) is 0 Å². The van der Waals surface area contributed by atoms with E-state index < -0.39 is 5.92 Å². The molecule has 6 nitrogen and oxygen atoms in total. The van der Waals surface area contributed by atoms with Gasteiger partial charge in [0.2, 0.25) is 5.91 Å². The van der Waals surface area contributed by atoms with Gasteiger partial charge in [-0.15, -0.1) is 0 Å². The number of nitrogens with one attached hydrogen (secondary N) is 2. The first-order valence-corrected chi connectivity index (χ1v) is 8.69. The maximum Gasteiger partial charge on any atom is 0.287 e. The zero-order chi connectivity index (χ0) is 18.6. The van der Waals surface area contributed by atoms with Gasteiger partial charge in [-0.3, -0.25) is 9.59 Å². The summed E-state index contributed by atoms with van der Waals surface area (Å²) < 4.78 is 10.9. The summed E-state index contributed by atoms with van der Waals surface area (Å²) in [5.74, 6) is 0.715. The summed E-state index contributed by atoms with van der Waals surface area (Å²) in [6.07, 6.45) is 1.44. The Bertz CT molecular complexity index is 920. The zero-order valence-electron chi connectivity index (χ0n) is 14.5. The van der Waals surface area contributed by atoms with E-state index in [1.165, 1.54) is 6.26 Å². The molecule has 1 aliphatic rings. The first kappa shape index (κ1) is 16.9. The van der Waals surface area contributed by atoms with Crippen LogP contribution in [0.2, 0.25) is 0 Å². The van der Waals surface area contributed by atoms with Gasteiger partial charge in [0, 0.05) is 24.2 Å². The monoisotopic (exact) mass is 362 g/mol. The Morgan fingerprint density at radius 3 is 2.07 bits per heavy atom. The Labute approximate surface area is 156 Å². The summed E-state index contributed by atoms with van der Waals surface area (Å²) in [6.45, 7) is 0.616. The van der Waals surface area contributed by atoms with E-state index in [9.17, 15) is 9.59 Å². The lowest BCUT2D eigenvalue weighted by Crippen LogP contribution is -2.37. The van der Waals surface area contributed by atoms with Crippen molar-refractivity contribution in [2.45, 2.75) is 5.92 Å². The van der Waals surface area contributed by atoms with Crippen molar-refractivity contribution in [3.05, 3.63) is 83.8 Å². The van der Waals surface area contributed by atoms with E-state index in [1.807, 2.05) is 48.5 Å². The van der Waals surface area contributed by atoms with Crippen LogP contribution in [0.4, 0.5) is 0 Å². The van der Waals surface area contributed by atoms with Crippen LogP contribution >= 0.6 is 0 Å². The standard InChI is InChI=1S/C21H18N2O4/c24-20(18-10-5-13-26-18)22-11-12-23-21(25)19-14-6-1-3-8-16(14)27-17-9-4-2-7-15(17)19/h1-10,13,19H,11-12H2,(H,22,24)(H,23,25). The van der Waals surface area contributed by atoms with Crippen LogP contribution in [-0.4, -0.2) is 24.9 Å². The van der Waals surface area contributed by atoms with Crippen LogP contribution in [0.3, 0.4) is 0 Å². The Morgan fingerprint density at radius 1 is 0.815 bits per heavy atom. The summed E-state index contributed by atoms with van der Waals surface area (Å²) in [5, 5.41) is 5.60. The minimum Gasteiger partial charge on any atom is -0.459 e. The zero-order valence-corrected chi connectivity index (χ0v) is 14.5. The van der Waals surface area contributed by atoms with Crippen molar-refractivity contribution in [2.75, 3.05) is 13.1 Å². The molecule has 0 atom stereocenters. The van der Waals surface area contributed by atoms with E-state index in [0.717, 1.165) is 11.1 Å². The number of benzene rings is 2. The molecule has 6 heteroatoms. The van der Waals surface area contributed by atoms with Crippen LogP contribution in [0.1, 0.15) is 27.6 Å². The third-order valence-electron chi connectivity index (χ3n) is 4.40. The number of hydrogen-bond donors (Lipinski definition) is 2. The van der Waals surface area contributed by atoms with Crippen LogP contribution in [0.15, 0.2) is 71.3 Å². The molecular formula is C21H18N2O4. The number of ether oxygens (including phenoxy) is 1. The van der Waals surface area contributed by atoms with Crippen molar-refractivity contribution in [3.8, 4) is 11.5 Å². The number of carbonyl (C=O) groups is 2. The van der Waals surface area contributed by atoms with Gasteiger partial charge in [-0.25, -0.2) is 0 Å². The van der Waals surface area contributed by atoms with Crippen LogP contribution in [0.5, 0.6) is 11.5 Å². The lowest BCUT2D eigenvalue weighted by molar-refractivity contribution is -0.121. The summed E-state index contributed by atoms with van der Waals surface area (Å²) in [4.78, 5) is 24.7. The second-order valence-corrected chi connectivity index (χ2v) is 6.13. The number of para-hydroxylation sites is 2. The van der Waals surface area contributed by atoms with Gasteiger partial charge in [-0.05, 0) is 24.3 Å². The normalized spacial score (nSPS) is 12.4. The van der Waals surface area contributed by atoms with Gasteiger partial charge in [-0.2, -0.15) is 0 Å². The smallest absolute Gasteiger partial charge is 0.287 e. The molecule has 0 unspecified atom stereocenters. The van der Waals surface area contributed by atoms with Gasteiger partial charge >= 0.3 is 0 Å². The summed E-state index contributed by atoms with van der Waals surface area (Å²) in [5.41, 5.74) is 1.65. The average molecular weight is 362 g/mol. The molecule has 0 saturated heterocycles. The van der Waals surface area contributed by atoms with Crippen LogP contribution < -0.4 is 15.4 Å². The Balaban J connectivity index is 1.43. The molecule has 0 bridgehead atoms. The highest BCUT2D eigenvalue weighted by molar-refractivity contribution is 5.91. The van der Waals surface area contributed by atoms with Crippen LogP contribution in [-0.2, 0) is 4.79 Å². The summed E-state index contributed by atoms with van der Waals surface area (Å²) >= 11 is 0. The van der Waals surface area contributed by atoms with E-state index in [4.69, 9.17) is 9.15 Å². The second kappa shape index (κ2) is 7.37. The number of fused-ring (bicyclic) bond motifs is 2. The SMILES string of the molecule is O=C(NCCNC(=O)C1c2ccccc2Oc2ccccc21)c1ccco1. The molecule has 136 valence electrons. The second-order valence-electron chi connectivity index (χ2n) is 6.13. The average Bonchev–Trinajstić information content (AvgIpc) is 3.24. The highest BCUT2D eigenvalue weighted by Gasteiger charge is 2.32. The molecule has 3 aromatic rings. The van der Waals surface area contributed by atoms with Gasteiger partial charge in [0.15, 0.2) is 5.76 Å². The quantitative estimate of drug-likeness (QED) is 0.684. The number of hydrogen-bond acceptors (Lipinski definition) is 4. The van der Waals surface area contributed by atoms with Gasteiger partial charge in [-0.1, -0.05) is 36.4 Å². The van der Waals surface area contributed by atoms with Crippen molar-refractivity contribution in [1.82, 2.24) is 10.6 Å². The first-order chi connectivity index (χ1) is 13.2. The van der Waals surface area contributed by atoms with E-state index in [1.54, 1.807) is 12.1 Å². The molecule has 0 spiro atoms. The Kier molecular flexibility index (Phi) is 4.61. The van der Waals surface area contributed by atoms with Gasteiger partial charge < -0.3 is 19.8 Å². The molecule has 2 heterocycles. The molecule has 27 heavy (non-hydrogen) atoms. The molecule has 0 fully saturated rings. The van der Waals surface area contributed by atoms with E-state index >= 15 is 0 Å². The van der Waals surface area contributed by atoms with Gasteiger partial charge in [0.05, 0.1) is 12.2 Å². The summed E-state index contributed by atoms with van der Waals surface area (Å²) in [6, 6.07) is 18.3. The van der Waals surface area contributed by atoms with Crippen molar-refractivity contribution in [1.29, 1.82) is 0 Å². The molecule has 0 saturated carbocycles. The van der Waals surface area contributed by atoms with Crippen molar-refractivity contribution in [3.63, 3.8) is 0 Å². The lowest BCUT2D eigenvalue weighted by Gasteiger charge is -2.27. The number of furan rings is 1. The maximum atomic E-state index is 12.9. The predicted molar refractivity (Wildman–Crippen MR) is 98.9 cm³/mol. The molecule has 2 aromatic carbocycles. The fourth-order valence-corrected chi connectivity index (χ4v) is 3.15. The number of rotatable bonds is 5. The third kappa shape index (κ3) is 3.42. The molecule has 1 aromatic heterocycles. The molecule has 2 amide bonds. The topological polar surface area (TPSA) is 80.6 Å². The molecule has 0 radical (unpaired) electrons. The van der Waals surface area contributed by atoms with E-state index in [-0.39, 0.29) is 17.6 Å². The van der Waals surface area contributed by atoms with Gasteiger partial charge in [0.1, 0.15) is 11.5 Å². The Hall–Kier alpha value is -3.54. The fraction of sp³-hybridized carbons (Fsp3) is 0.143. The molecular weight excluding hydrogens is 344 g/mol.